The van der Waals surface area contributed by atoms with Gasteiger partial charge in [0, 0.05) is 22.1 Å². The molecule has 0 bridgehead atoms. The van der Waals surface area contributed by atoms with Gasteiger partial charge in [0.25, 0.3) is 0 Å². The van der Waals surface area contributed by atoms with Crippen LogP contribution in [0.25, 0.3) is 78.3 Å². The number of hydrogen-bond donors (Lipinski definition) is 0. The zero-order valence-electron chi connectivity index (χ0n) is 34.5. The number of hydrogen-bond acceptors (Lipinski definition) is 3. The molecule has 0 aliphatic heterocycles. The molecule has 0 unspecified atom stereocenters. The van der Waals surface area contributed by atoms with Crippen molar-refractivity contribution in [3.8, 4) is 67.5 Å². The molecule has 0 N–H and O–H groups in total. The first-order chi connectivity index (χ1) is 30.5. The van der Waals surface area contributed by atoms with Crippen LogP contribution in [0, 0.1) is 0 Å². The van der Waals surface area contributed by atoms with Crippen LogP contribution >= 0.6 is 0 Å². The molecule has 0 radical (unpaired) electrons. The Morgan fingerprint density at radius 1 is 0.274 bits per heavy atom. The summed E-state index contributed by atoms with van der Waals surface area (Å²) in [7, 11) is 0. The fourth-order valence-electron chi connectivity index (χ4n) is 10.6. The van der Waals surface area contributed by atoms with E-state index in [9.17, 15) is 0 Å². The zero-order valence-corrected chi connectivity index (χ0v) is 34.5. The maximum Gasteiger partial charge on any atom is 0.164 e. The van der Waals surface area contributed by atoms with E-state index in [1.54, 1.807) is 0 Å². The fraction of sp³-hybridized carbons (Fsp3) is 0.0678. The summed E-state index contributed by atoms with van der Waals surface area (Å²) in [6, 6.07) is 76.8. The van der Waals surface area contributed by atoms with E-state index < -0.39 is 5.41 Å². The number of rotatable bonds is 5. The van der Waals surface area contributed by atoms with E-state index in [1.165, 1.54) is 55.6 Å². The molecular weight excluding hydrogens is 751 g/mol. The lowest BCUT2D eigenvalue weighted by molar-refractivity contribution is 0.563. The van der Waals surface area contributed by atoms with Crippen LogP contribution in [0.15, 0.2) is 212 Å². The highest BCUT2D eigenvalue weighted by atomic mass is 15.0. The summed E-state index contributed by atoms with van der Waals surface area (Å²) in [6.07, 6.45) is 0. The fourth-order valence-corrected chi connectivity index (χ4v) is 10.6. The van der Waals surface area contributed by atoms with Gasteiger partial charge in [0.15, 0.2) is 17.5 Å². The van der Waals surface area contributed by atoms with Crippen LogP contribution in [0.2, 0.25) is 0 Å². The molecular formula is C59H41N3. The molecule has 1 aromatic heterocycles. The van der Waals surface area contributed by atoms with E-state index in [-0.39, 0.29) is 5.41 Å². The molecule has 0 atom stereocenters. The Kier molecular flexibility index (Phi) is 8.10. The standard InChI is InChI=1S/C59H41N3/c1-58(2)50-28-13-15-30-52(50)59(53-31-16-14-29-51(53)58)49-27-12-11-26-46(49)47-33-32-41(37-54(47)59)40-22-17-23-42(36-40)56-60-55(39-20-7-4-8-21-39)61-57(62-56)48-35-34-43(38-18-5-3-6-19-38)44-24-9-10-25-45(44)48/h3-37H,1-2H3. The molecule has 1 heterocycles. The Labute approximate surface area is 362 Å². The minimum atomic E-state index is -0.464. The average molecular weight is 792 g/mol. The molecule has 62 heavy (non-hydrogen) atoms. The second kappa shape index (κ2) is 13.9. The van der Waals surface area contributed by atoms with Gasteiger partial charge in [-0.3, -0.25) is 0 Å². The molecule has 3 nitrogen and oxygen atoms in total. The molecule has 2 aliphatic rings. The van der Waals surface area contributed by atoms with Crippen LogP contribution in [-0.4, -0.2) is 15.0 Å². The topological polar surface area (TPSA) is 38.7 Å². The van der Waals surface area contributed by atoms with Gasteiger partial charge in [0.2, 0.25) is 0 Å². The molecule has 0 saturated heterocycles. The van der Waals surface area contributed by atoms with Gasteiger partial charge in [-0.1, -0.05) is 208 Å². The third-order valence-corrected chi connectivity index (χ3v) is 13.4. The highest BCUT2D eigenvalue weighted by Gasteiger charge is 2.53. The van der Waals surface area contributed by atoms with Crippen molar-refractivity contribution in [1.82, 2.24) is 15.0 Å². The van der Waals surface area contributed by atoms with Gasteiger partial charge in [0.1, 0.15) is 0 Å². The largest absolute Gasteiger partial charge is 0.208 e. The molecule has 1 spiro atoms. The first kappa shape index (κ1) is 36.1. The molecule has 0 amide bonds. The van der Waals surface area contributed by atoms with E-state index in [0.717, 1.165) is 38.6 Å². The van der Waals surface area contributed by atoms with Crippen LogP contribution in [-0.2, 0) is 10.8 Å². The molecule has 0 saturated carbocycles. The third-order valence-electron chi connectivity index (χ3n) is 13.4. The SMILES string of the molecule is CC1(C)c2ccccc2C2(c3ccccc3-c3ccc(-c4cccc(-c5nc(-c6ccccc6)nc(-c6ccc(-c7ccccc7)c7ccccc67)n5)c4)cc32)c2ccccc21. The van der Waals surface area contributed by atoms with Crippen LogP contribution in [0.3, 0.4) is 0 Å². The van der Waals surface area contributed by atoms with Gasteiger partial charge in [-0.2, -0.15) is 0 Å². The molecule has 0 fully saturated rings. The van der Waals surface area contributed by atoms with Crippen molar-refractivity contribution in [2.75, 3.05) is 0 Å². The highest BCUT2D eigenvalue weighted by molar-refractivity contribution is 6.04. The summed E-state index contributed by atoms with van der Waals surface area (Å²) in [5, 5.41) is 2.26. The smallest absolute Gasteiger partial charge is 0.164 e. The Morgan fingerprint density at radius 3 is 1.42 bits per heavy atom. The second-order valence-corrected chi connectivity index (χ2v) is 17.1. The van der Waals surface area contributed by atoms with Crippen LogP contribution in [0.5, 0.6) is 0 Å². The van der Waals surface area contributed by atoms with Crippen molar-refractivity contribution in [2.45, 2.75) is 24.7 Å². The molecule has 12 rings (SSSR count). The van der Waals surface area contributed by atoms with Gasteiger partial charge in [-0.25, -0.2) is 15.0 Å². The van der Waals surface area contributed by atoms with E-state index in [1.807, 2.05) is 18.2 Å². The minimum Gasteiger partial charge on any atom is -0.208 e. The van der Waals surface area contributed by atoms with Gasteiger partial charge in [-0.05, 0) is 95.7 Å². The van der Waals surface area contributed by atoms with Crippen molar-refractivity contribution < 1.29 is 0 Å². The summed E-state index contributed by atoms with van der Waals surface area (Å²) in [6.45, 7) is 4.75. The van der Waals surface area contributed by atoms with Crippen molar-refractivity contribution >= 4 is 10.8 Å². The molecule has 292 valence electrons. The van der Waals surface area contributed by atoms with E-state index in [0.29, 0.717) is 17.5 Å². The quantitative estimate of drug-likeness (QED) is 0.174. The predicted molar refractivity (Wildman–Crippen MR) is 254 cm³/mol. The van der Waals surface area contributed by atoms with Crippen LogP contribution in [0.4, 0.5) is 0 Å². The Balaban J connectivity index is 1.03. The first-order valence-corrected chi connectivity index (χ1v) is 21.4. The Bertz CT molecular complexity index is 3330. The normalized spacial score (nSPS) is 13.9. The lowest BCUT2D eigenvalue weighted by Gasteiger charge is -2.46. The van der Waals surface area contributed by atoms with E-state index >= 15 is 0 Å². The molecule has 2 aliphatic carbocycles. The van der Waals surface area contributed by atoms with Crippen molar-refractivity contribution in [3.63, 3.8) is 0 Å². The summed E-state index contributed by atoms with van der Waals surface area (Å²) < 4.78 is 0. The number of nitrogens with zero attached hydrogens (tertiary/aromatic N) is 3. The molecule has 9 aromatic carbocycles. The minimum absolute atomic E-state index is 0.152. The first-order valence-electron chi connectivity index (χ1n) is 21.4. The number of aromatic nitrogens is 3. The monoisotopic (exact) mass is 791 g/mol. The second-order valence-electron chi connectivity index (χ2n) is 17.1. The Morgan fingerprint density at radius 2 is 0.726 bits per heavy atom. The summed E-state index contributed by atoms with van der Waals surface area (Å²) >= 11 is 0. The van der Waals surface area contributed by atoms with Crippen LogP contribution in [0.1, 0.15) is 47.2 Å². The van der Waals surface area contributed by atoms with Gasteiger partial charge < -0.3 is 0 Å². The maximum absolute atomic E-state index is 5.28. The summed E-state index contributed by atoms with van der Waals surface area (Å²) in [5.74, 6) is 1.92. The lowest BCUT2D eigenvalue weighted by atomic mass is 9.55. The van der Waals surface area contributed by atoms with Crippen molar-refractivity contribution in [3.05, 3.63) is 246 Å². The third kappa shape index (κ3) is 5.34. The van der Waals surface area contributed by atoms with Crippen molar-refractivity contribution in [1.29, 1.82) is 0 Å². The predicted octanol–water partition coefficient (Wildman–Crippen LogP) is 14.4. The number of fused-ring (bicyclic) bond motifs is 10. The van der Waals surface area contributed by atoms with E-state index in [2.05, 4.69) is 208 Å². The van der Waals surface area contributed by atoms with Gasteiger partial charge >= 0.3 is 0 Å². The van der Waals surface area contributed by atoms with E-state index in [4.69, 9.17) is 15.0 Å². The number of benzene rings is 9. The van der Waals surface area contributed by atoms with Gasteiger partial charge in [0.05, 0.1) is 5.41 Å². The summed E-state index contributed by atoms with van der Waals surface area (Å²) in [4.78, 5) is 15.6. The zero-order chi connectivity index (χ0) is 41.4. The maximum atomic E-state index is 5.28. The van der Waals surface area contributed by atoms with Crippen molar-refractivity contribution in [2.24, 2.45) is 0 Å². The highest BCUT2D eigenvalue weighted by Crippen LogP contribution is 2.62. The Hall–Kier alpha value is -7.75. The molecule has 3 heteroatoms. The average Bonchev–Trinajstić information content (AvgIpc) is 3.63. The van der Waals surface area contributed by atoms with Gasteiger partial charge in [-0.15, -0.1) is 0 Å². The lowest BCUT2D eigenvalue weighted by Crippen LogP contribution is -2.40. The van der Waals surface area contributed by atoms with Crippen LogP contribution < -0.4 is 0 Å². The summed E-state index contributed by atoms with van der Waals surface area (Å²) in [5.41, 5.74) is 17.5. The molecule has 10 aromatic rings.